The molecule has 0 atom stereocenters. The van der Waals surface area contributed by atoms with Crippen molar-refractivity contribution in [3.63, 3.8) is 0 Å². The number of aliphatic hydroxyl groups excluding tert-OH is 1. The molecule has 2 N–H and O–H groups in total. The second kappa shape index (κ2) is 10.9. The summed E-state index contributed by atoms with van der Waals surface area (Å²) in [7, 11) is 1.17. The first-order valence-electron chi connectivity index (χ1n) is 11.7. The number of halogens is 3. The van der Waals surface area contributed by atoms with Crippen LogP contribution in [0.2, 0.25) is 5.15 Å². The lowest BCUT2D eigenvalue weighted by Gasteiger charge is -2.40. The van der Waals surface area contributed by atoms with E-state index in [2.05, 4.69) is 18.8 Å². The van der Waals surface area contributed by atoms with Crippen LogP contribution in [0.25, 0.3) is 11.1 Å². The SMILES string of the molecule is COc1c(F)cc(-c2c(CO)nc(Cl)c(CC(=O)OCC(C)(C)O)c2N2CCC(C)(C)CC2)cc1F. The predicted octanol–water partition coefficient (Wildman–Crippen LogP) is 4.66. The van der Waals surface area contributed by atoms with E-state index in [0.29, 0.717) is 24.3 Å². The van der Waals surface area contributed by atoms with Gasteiger partial charge >= 0.3 is 5.97 Å². The van der Waals surface area contributed by atoms with E-state index in [1.54, 1.807) is 0 Å². The zero-order valence-electron chi connectivity index (χ0n) is 21.3. The number of nitrogens with zero attached hydrogens (tertiary/aromatic N) is 2. The Morgan fingerprint density at radius 3 is 2.31 bits per heavy atom. The number of esters is 1. The van der Waals surface area contributed by atoms with Crippen LogP contribution in [0.5, 0.6) is 5.75 Å². The summed E-state index contributed by atoms with van der Waals surface area (Å²) in [6.07, 6.45) is 1.38. The summed E-state index contributed by atoms with van der Waals surface area (Å²) in [5, 5.41) is 20.0. The van der Waals surface area contributed by atoms with E-state index in [1.165, 1.54) is 21.0 Å². The van der Waals surface area contributed by atoms with Gasteiger partial charge in [0.05, 0.1) is 37.1 Å². The van der Waals surface area contributed by atoms with Gasteiger partial charge < -0.3 is 24.6 Å². The van der Waals surface area contributed by atoms with Crippen LogP contribution in [0.4, 0.5) is 14.5 Å². The Morgan fingerprint density at radius 1 is 1.22 bits per heavy atom. The highest BCUT2D eigenvalue weighted by atomic mass is 35.5. The number of anilines is 1. The van der Waals surface area contributed by atoms with Gasteiger partial charge in [0, 0.05) is 24.2 Å². The maximum atomic E-state index is 14.7. The number of carbonyl (C=O) groups is 1. The van der Waals surface area contributed by atoms with Gasteiger partial charge in [-0.05, 0) is 49.8 Å². The summed E-state index contributed by atoms with van der Waals surface area (Å²) in [5.41, 5.74) is 0.204. The first-order valence-corrected chi connectivity index (χ1v) is 12.1. The molecular formula is C26H33ClF2N2O5. The highest BCUT2D eigenvalue weighted by molar-refractivity contribution is 6.31. The lowest BCUT2D eigenvalue weighted by atomic mass is 9.82. The van der Waals surface area contributed by atoms with Crippen molar-refractivity contribution >= 4 is 23.3 Å². The highest BCUT2D eigenvalue weighted by Gasteiger charge is 2.32. The molecule has 3 rings (SSSR count). The van der Waals surface area contributed by atoms with Crippen LogP contribution in [0.15, 0.2) is 12.1 Å². The van der Waals surface area contributed by atoms with Crippen molar-refractivity contribution < 1.29 is 33.3 Å². The van der Waals surface area contributed by atoms with Gasteiger partial charge in [-0.15, -0.1) is 0 Å². The molecule has 1 fully saturated rings. The van der Waals surface area contributed by atoms with E-state index in [1.807, 2.05) is 4.90 Å². The molecule has 2 aromatic rings. The summed E-state index contributed by atoms with van der Waals surface area (Å²) in [5.74, 6) is -3.00. The molecule has 10 heteroatoms. The summed E-state index contributed by atoms with van der Waals surface area (Å²) < 4.78 is 39.5. The molecule has 0 aliphatic carbocycles. The van der Waals surface area contributed by atoms with Gasteiger partial charge in [0.25, 0.3) is 0 Å². The monoisotopic (exact) mass is 526 g/mol. The molecule has 0 amide bonds. The van der Waals surface area contributed by atoms with Crippen molar-refractivity contribution in [2.45, 2.75) is 59.2 Å². The number of aliphatic hydroxyl groups is 2. The van der Waals surface area contributed by atoms with Crippen molar-refractivity contribution in [2.24, 2.45) is 5.41 Å². The average Bonchev–Trinajstić information content (AvgIpc) is 2.78. The second-order valence-electron chi connectivity index (χ2n) is 10.5. The van der Waals surface area contributed by atoms with Crippen LogP contribution in [0.3, 0.4) is 0 Å². The zero-order valence-corrected chi connectivity index (χ0v) is 22.0. The van der Waals surface area contributed by atoms with Gasteiger partial charge in [0.15, 0.2) is 17.4 Å². The predicted molar refractivity (Wildman–Crippen MR) is 133 cm³/mol. The minimum Gasteiger partial charge on any atom is -0.491 e. The largest absolute Gasteiger partial charge is 0.491 e. The molecule has 1 saturated heterocycles. The number of benzene rings is 1. The van der Waals surface area contributed by atoms with Gasteiger partial charge in [0.2, 0.25) is 0 Å². The lowest BCUT2D eigenvalue weighted by Crippen LogP contribution is -2.38. The maximum absolute atomic E-state index is 14.7. The Balaban J connectivity index is 2.20. The van der Waals surface area contributed by atoms with Gasteiger partial charge in [-0.2, -0.15) is 0 Å². The summed E-state index contributed by atoms with van der Waals surface area (Å²) in [6, 6.07) is 2.22. The fraction of sp³-hybridized carbons (Fsp3) is 0.538. The van der Waals surface area contributed by atoms with Gasteiger partial charge in [0.1, 0.15) is 11.8 Å². The third kappa shape index (κ3) is 6.44. The number of hydrogen-bond donors (Lipinski definition) is 2. The van der Waals surface area contributed by atoms with E-state index in [9.17, 15) is 23.8 Å². The number of methoxy groups -OCH3 is 1. The molecule has 0 bridgehead atoms. The number of ether oxygens (including phenoxy) is 2. The van der Waals surface area contributed by atoms with Crippen molar-refractivity contribution in [2.75, 3.05) is 31.7 Å². The number of hydrogen-bond acceptors (Lipinski definition) is 7. The molecule has 1 aliphatic heterocycles. The number of rotatable bonds is 8. The van der Waals surface area contributed by atoms with E-state index in [-0.39, 0.29) is 40.4 Å². The molecule has 0 saturated carbocycles. The summed E-state index contributed by atoms with van der Waals surface area (Å²) in [6.45, 7) is 7.77. The number of aromatic nitrogens is 1. The van der Waals surface area contributed by atoms with Crippen LogP contribution < -0.4 is 9.64 Å². The van der Waals surface area contributed by atoms with Gasteiger partial charge in [-0.3, -0.25) is 4.79 Å². The average molecular weight is 527 g/mol. The molecule has 36 heavy (non-hydrogen) atoms. The smallest absolute Gasteiger partial charge is 0.310 e. The van der Waals surface area contributed by atoms with E-state index in [0.717, 1.165) is 25.0 Å². The first kappa shape index (κ1) is 28.1. The normalized spacial score (nSPS) is 15.7. The molecule has 0 unspecified atom stereocenters. The van der Waals surface area contributed by atoms with Crippen LogP contribution in [-0.2, 0) is 22.6 Å². The summed E-state index contributed by atoms with van der Waals surface area (Å²) >= 11 is 6.52. The minimum absolute atomic E-state index is 0.0164. The van der Waals surface area contributed by atoms with E-state index in [4.69, 9.17) is 21.1 Å². The standard InChI is InChI=1S/C26H33ClF2N2O5/c1-25(2)6-8-31(9-7-25)22-16(12-20(33)36-14-26(3,4)34)24(27)30-19(13-32)21(22)15-10-17(28)23(35-5)18(29)11-15/h10-11,32,34H,6-9,12-14H2,1-5H3. The maximum Gasteiger partial charge on any atom is 0.310 e. The Kier molecular flexibility index (Phi) is 8.48. The van der Waals surface area contributed by atoms with Crippen molar-refractivity contribution in [1.29, 1.82) is 0 Å². The fourth-order valence-corrected chi connectivity index (χ4v) is 4.50. The molecule has 2 heterocycles. The second-order valence-corrected chi connectivity index (χ2v) is 10.8. The van der Waals surface area contributed by atoms with Crippen molar-refractivity contribution in [3.05, 3.63) is 40.2 Å². The lowest BCUT2D eigenvalue weighted by molar-refractivity contribution is -0.149. The topological polar surface area (TPSA) is 92.1 Å². The van der Waals surface area contributed by atoms with Crippen LogP contribution >= 0.6 is 11.6 Å². The molecule has 0 radical (unpaired) electrons. The van der Waals surface area contributed by atoms with E-state index < -0.39 is 35.6 Å². The van der Waals surface area contributed by atoms with E-state index >= 15 is 0 Å². The molecule has 1 aromatic carbocycles. The summed E-state index contributed by atoms with van der Waals surface area (Å²) in [4.78, 5) is 19.0. The Labute approximate surface area is 215 Å². The third-order valence-electron chi connectivity index (χ3n) is 6.27. The quantitative estimate of drug-likeness (QED) is 0.381. The molecule has 0 spiro atoms. The van der Waals surface area contributed by atoms with Crippen molar-refractivity contribution in [1.82, 2.24) is 4.98 Å². The van der Waals surface area contributed by atoms with Crippen LogP contribution in [0.1, 0.15) is 51.8 Å². The molecule has 1 aromatic heterocycles. The Bertz CT molecular complexity index is 1100. The first-order chi connectivity index (χ1) is 16.8. The molecule has 1 aliphatic rings. The Hall–Kier alpha value is -2.49. The van der Waals surface area contributed by atoms with Gasteiger partial charge in [-0.25, -0.2) is 13.8 Å². The molecular weight excluding hydrogens is 494 g/mol. The van der Waals surface area contributed by atoms with Crippen LogP contribution in [0, 0.1) is 17.0 Å². The Morgan fingerprint density at radius 2 is 1.81 bits per heavy atom. The zero-order chi connectivity index (χ0) is 26.8. The fourth-order valence-electron chi connectivity index (χ4n) is 4.24. The van der Waals surface area contributed by atoms with Crippen LogP contribution in [-0.4, -0.2) is 53.6 Å². The minimum atomic E-state index is -1.22. The number of carbonyl (C=O) groups excluding carboxylic acids is 1. The number of piperidine rings is 1. The molecule has 198 valence electrons. The van der Waals surface area contributed by atoms with Crippen molar-refractivity contribution in [3.8, 4) is 16.9 Å². The molecule has 7 nitrogen and oxygen atoms in total. The highest BCUT2D eigenvalue weighted by Crippen LogP contribution is 2.44. The third-order valence-corrected chi connectivity index (χ3v) is 6.59. The van der Waals surface area contributed by atoms with Gasteiger partial charge in [-0.1, -0.05) is 25.4 Å². The number of pyridine rings is 1.